The van der Waals surface area contributed by atoms with Crippen molar-refractivity contribution in [3.8, 4) is 0 Å². The molecule has 0 fully saturated rings. The number of hydrogen-bond donors (Lipinski definition) is 3. The fourth-order valence-electron chi connectivity index (χ4n) is 2.18. The lowest BCUT2D eigenvalue weighted by Gasteiger charge is -2.10. The van der Waals surface area contributed by atoms with Crippen molar-refractivity contribution in [3.63, 3.8) is 0 Å². The highest BCUT2D eigenvalue weighted by Gasteiger charge is 2.14. The molecule has 0 aliphatic carbocycles. The van der Waals surface area contributed by atoms with Crippen LogP contribution in [-0.4, -0.2) is 38.8 Å². The van der Waals surface area contributed by atoms with Gasteiger partial charge in [0.1, 0.15) is 12.4 Å². The van der Waals surface area contributed by atoms with Gasteiger partial charge in [-0.05, 0) is 24.6 Å². The number of thioether (sulfide) groups is 1. The minimum Gasteiger partial charge on any atom is -0.390 e. The van der Waals surface area contributed by atoms with Crippen LogP contribution < -0.4 is 10.6 Å². The van der Waals surface area contributed by atoms with Crippen molar-refractivity contribution in [1.82, 2.24) is 20.2 Å². The van der Waals surface area contributed by atoms with Crippen LogP contribution in [0.5, 0.6) is 0 Å². The van der Waals surface area contributed by atoms with Crippen molar-refractivity contribution in [2.45, 2.75) is 31.8 Å². The van der Waals surface area contributed by atoms with Crippen LogP contribution in [0, 0.1) is 5.82 Å². The van der Waals surface area contributed by atoms with Gasteiger partial charge in [-0.3, -0.25) is 9.59 Å². The maximum absolute atomic E-state index is 12.9. The number of nitrogens with one attached hydrogen (secondary N) is 2. The third-order valence-corrected chi connectivity index (χ3v) is 4.47. The summed E-state index contributed by atoms with van der Waals surface area (Å²) in [4.78, 5) is 28.0. The number of nitrogens with zero attached hydrogens (tertiary/aromatic N) is 2. The minimum atomic E-state index is -0.325. The second kappa shape index (κ2) is 9.93. The lowest BCUT2D eigenvalue weighted by atomic mass is 10.2. The fourth-order valence-corrected chi connectivity index (χ4v) is 3.01. The van der Waals surface area contributed by atoms with Gasteiger partial charge in [0.25, 0.3) is 0 Å². The van der Waals surface area contributed by atoms with Crippen LogP contribution in [0.4, 0.5) is 4.39 Å². The van der Waals surface area contributed by atoms with Crippen LogP contribution in [0.25, 0.3) is 0 Å². The smallest absolute Gasteiger partial charge is 0.240 e. The summed E-state index contributed by atoms with van der Waals surface area (Å²) >= 11 is 1.18. The van der Waals surface area contributed by atoms with E-state index in [1.165, 1.54) is 30.1 Å². The van der Waals surface area contributed by atoms with Crippen molar-refractivity contribution >= 4 is 23.6 Å². The van der Waals surface area contributed by atoms with E-state index in [0.717, 1.165) is 5.56 Å². The minimum absolute atomic E-state index is 0.0310. The number of benzene rings is 1. The predicted octanol–water partition coefficient (Wildman–Crippen LogP) is 1.06. The molecule has 0 aliphatic rings. The first-order valence-electron chi connectivity index (χ1n) is 8.09. The topological polar surface area (TPSA) is 96.2 Å². The number of amides is 2. The second-order valence-corrected chi connectivity index (χ2v) is 6.36. The van der Waals surface area contributed by atoms with E-state index in [1.54, 1.807) is 16.7 Å². The Balaban J connectivity index is 1.89. The van der Waals surface area contributed by atoms with Crippen molar-refractivity contribution in [1.29, 1.82) is 0 Å². The standard InChI is InChI=1S/C17H21FN4O3S/c1-2-19-15(24)9-22-14(10-23)8-21-17(22)26-11-16(25)20-7-12-3-5-13(18)6-4-12/h3-6,8,23H,2,7,9-11H2,1H3,(H,19,24)(H,20,25). The Morgan fingerprint density at radius 1 is 1.23 bits per heavy atom. The van der Waals surface area contributed by atoms with E-state index in [-0.39, 0.29) is 36.5 Å². The van der Waals surface area contributed by atoms with E-state index >= 15 is 0 Å². The molecule has 1 aromatic heterocycles. The highest BCUT2D eigenvalue weighted by molar-refractivity contribution is 7.99. The number of hydrogen-bond acceptors (Lipinski definition) is 5. The molecule has 1 heterocycles. The maximum Gasteiger partial charge on any atom is 0.240 e. The molecule has 2 amide bonds. The van der Waals surface area contributed by atoms with Gasteiger partial charge in [0.2, 0.25) is 11.8 Å². The zero-order valence-electron chi connectivity index (χ0n) is 14.4. The van der Waals surface area contributed by atoms with E-state index < -0.39 is 0 Å². The van der Waals surface area contributed by atoms with E-state index in [9.17, 15) is 19.1 Å². The summed E-state index contributed by atoms with van der Waals surface area (Å²) in [5.74, 6) is -0.618. The Labute approximate surface area is 155 Å². The molecule has 0 saturated heterocycles. The Hall–Kier alpha value is -2.39. The SMILES string of the molecule is CCNC(=O)Cn1c(CO)cnc1SCC(=O)NCc1ccc(F)cc1. The zero-order chi connectivity index (χ0) is 18.9. The Bertz CT molecular complexity index is 749. The van der Waals surface area contributed by atoms with E-state index in [4.69, 9.17) is 0 Å². The van der Waals surface area contributed by atoms with Crippen molar-refractivity contribution < 1.29 is 19.1 Å². The van der Waals surface area contributed by atoms with Crippen LogP contribution in [0.2, 0.25) is 0 Å². The quantitative estimate of drug-likeness (QED) is 0.566. The summed E-state index contributed by atoms with van der Waals surface area (Å²) in [6, 6.07) is 5.89. The first-order valence-corrected chi connectivity index (χ1v) is 9.08. The van der Waals surface area contributed by atoms with E-state index in [1.807, 2.05) is 6.92 Å². The van der Waals surface area contributed by atoms with Gasteiger partial charge in [-0.1, -0.05) is 23.9 Å². The molecule has 0 atom stereocenters. The molecule has 26 heavy (non-hydrogen) atoms. The third-order valence-electron chi connectivity index (χ3n) is 3.47. The summed E-state index contributed by atoms with van der Waals surface area (Å²) in [6.07, 6.45) is 1.48. The van der Waals surface area contributed by atoms with Crippen LogP contribution >= 0.6 is 11.8 Å². The highest BCUT2D eigenvalue weighted by atomic mass is 32.2. The Morgan fingerprint density at radius 2 is 1.96 bits per heavy atom. The number of carbonyl (C=O) groups is 2. The van der Waals surface area contributed by atoms with Gasteiger partial charge in [-0.2, -0.15) is 0 Å². The van der Waals surface area contributed by atoms with Gasteiger partial charge in [0, 0.05) is 13.1 Å². The lowest BCUT2D eigenvalue weighted by molar-refractivity contribution is -0.121. The van der Waals surface area contributed by atoms with Crippen LogP contribution in [-0.2, 0) is 29.3 Å². The molecule has 0 radical (unpaired) electrons. The van der Waals surface area contributed by atoms with Gasteiger partial charge in [-0.25, -0.2) is 9.37 Å². The molecule has 9 heteroatoms. The fraction of sp³-hybridized carbons (Fsp3) is 0.353. The highest BCUT2D eigenvalue weighted by Crippen LogP contribution is 2.18. The number of aromatic nitrogens is 2. The van der Waals surface area contributed by atoms with Crippen molar-refractivity contribution in [2.75, 3.05) is 12.3 Å². The Kier molecular flexibility index (Phi) is 7.61. The van der Waals surface area contributed by atoms with Crippen molar-refractivity contribution in [3.05, 3.63) is 47.5 Å². The zero-order valence-corrected chi connectivity index (χ0v) is 15.2. The molecule has 2 aromatic rings. The number of imidazole rings is 1. The lowest BCUT2D eigenvalue weighted by Crippen LogP contribution is -2.28. The van der Waals surface area contributed by atoms with Gasteiger partial charge in [0.05, 0.1) is 24.3 Å². The molecule has 7 nitrogen and oxygen atoms in total. The molecule has 0 spiro atoms. The average Bonchev–Trinajstić information content (AvgIpc) is 3.01. The summed E-state index contributed by atoms with van der Waals surface area (Å²) in [5.41, 5.74) is 1.30. The molecular formula is C17H21FN4O3S. The molecule has 0 bridgehead atoms. The molecule has 1 aromatic carbocycles. The summed E-state index contributed by atoms with van der Waals surface area (Å²) in [5, 5.41) is 15.3. The van der Waals surface area contributed by atoms with Crippen molar-refractivity contribution in [2.24, 2.45) is 0 Å². The molecule has 3 N–H and O–H groups in total. The van der Waals surface area contributed by atoms with Crippen LogP contribution in [0.1, 0.15) is 18.2 Å². The Morgan fingerprint density at radius 3 is 2.62 bits per heavy atom. The predicted molar refractivity (Wildman–Crippen MR) is 95.8 cm³/mol. The summed E-state index contributed by atoms with van der Waals surface area (Å²) < 4.78 is 14.4. The normalized spacial score (nSPS) is 10.6. The largest absolute Gasteiger partial charge is 0.390 e. The average molecular weight is 380 g/mol. The van der Waals surface area contributed by atoms with Gasteiger partial charge >= 0.3 is 0 Å². The van der Waals surface area contributed by atoms with E-state index in [2.05, 4.69) is 15.6 Å². The molecule has 140 valence electrons. The van der Waals surface area contributed by atoms with Crippen LogP contribution in [0.15, 0.2) is 35.6 Å². The molecule has 0 aliphatic heterocycles. The van der Waals surface area contributed by atoms with Gasteiger partial charge < -0.3 is 20.3 Å². The summed E-state index contributed by atoms with van der Waals surface area (Å²) in [6.45, 7) is 2.41. The first kappa shape index (κ1) is 19.9. The number of halogens is 1. The second-order valence-electron chi connectivity index (χ2n) is 5.42. The number of aliphatic hydroxyl groups excluding tert-OH is 1. The monoisotopic (exact) mass is 380 g/mol. The summed E-state index contributed by atoms with van der Waals surface area (Å²) in [7, 11) is 0. The molecule has 0 unspecified atom stereocenters. The molecule has 2 rings (SSSR count). The van der Waals surface area contributed by atoms with Gasteiger partial charge in [0.15, 0.2) is 5.16 Å². The van der Waals surface area contributed by atoms with Gasteiger partial charge in [-0.15, -0.1) is 0 Å². The number of rotatable bonds is 9. The maximum atomic E-state index is 12.9. The number of aliphatic hydroxyl groups is 1. The first-order chi connectivity index (χ1) is 12.5. The van der Waals surface area contributed by atoms with Crippen LogP contribution in [0.3, 0.4) is 0 Å². The molecule has 0 saturated carbocycles. The van der Waals surface area contributed by atoms with E-state index in [0.29, 0.717) is 23.9 Å². The third kappa shape index (κ3) is 5.85. The molecular weight excluding hydrogens is 359 g/mol. The number of carbonyl (C=O) groups excluding carboxylic acids is 2. The number of likely N-dealkylation sites (N-methyl/N-ethyl adjacent to an activating group) is 1.